The number of aromatic amines is 1. The lowest BCUT2D eigenvalue weighted by Gasteiger charge is -2.19. The largest absolute Gasteiger partial charge is 0.412 e. The van der Waals surface area contributed by atoms with Crippen LogP contribution in [-0.2, 0) is 0 Å². The van der Waals surface area contributed by atoms with Crippen molar-refractivity contribution in [1.29, 1.82) is 0 Å². The lowest BCUT2D eigenvalue weighted by atomic mass is 10.1. The van der Waals surface area contributed by atoms with Gasteiger partial charge in [0, 0.05) is 18.7 Å². The summed E-state index contributed by atoms with van der Waals surface area (Å²) < 4.78 is 13.1. The molecule has 3 aliphatic rings. The van der Waals surface area contributed by atoms with Gasteiger partial charge >= 0.3 is 0 Å². The third-order valence-electron chi connectivity index (χ3n) is 3.83. The lowest BCUT2D eigenvalue weighted by molar-refractivity contribution is 0.628. The summed E-state index contributed by atoms with van der Waals surface area (Å²) in [6, 6.07) is 8.38. The minimum atomic E-state index is -0.243. The minimum absolute atomic E-state index is 0. The molecule has 3 heterocycles. The average Bonchev–Trinajstić information content (AvgIpc) is 3.16. The fourth-order valence-electron chi connectivity index (χ4n) is 2.76. The number of H-pyrrole nitrogens is 1. The van der Waals surface area contributed by atoms with E-state index >= 15 is 0 Å². The summed E-state index contributed by atoms with van der Waals surface area (Å²) in [6.45, 7) is 3.64. The maximum Gasteiger partial charge on any atom is 0.159 e. The molecular formula is C17H18ClFN4O. The Labute approximate surface area is 145 Å². The van der Waals surface area contributed by atoms with Gasteiger partial charge in [-0.15, -0.1) is 12.4 Å². The molecule has 0 spiro atoms. The second-order valence-electron chi connectivity index (χ2n) is 5.43. The molecule has 4 rings (SSSR count). The molecule has 0 saturated carbocycles. The van der Waals surface area contributed by atoms with Crippen LogP contribution in [-0.4, -0.2) is 33.5 Å². The summed E-state index contributed by atoms with van der Waals surface area (Å²) in [4.78, 5) is 14.8. The molecule has 0 unspecified atom stereocenters. The van der Waals surface area contributed by atoms with E-state index in [0.29, 0.717) is 0 Å². The number of anilines is 1. The molecule has 126 valence electrons. The minimum Gasteiger partial charge on any atom is -0.412 e. The summed E-state index contributed by atoms with van der Waals surface area (Å²) in [5.41, 5.74) is 3.53. The van der Waals surface area contributed by atoms with Crippen molar-refractivity contribution >= 4 is 18.2 Å². The van der Waals surface area contributed by atoms with Gasteiger partial charge in [-0.25, -0.2) is 14.4 Å². The van der Waals surface area contributed by atoms with Crippen LogP contribution >= 0.6 is 12.4 Å². The molecule has 3 aliphatic heterocycles. The first-order valence-electron chi connectivity index (χ1n) is 7.24. The van der Waals surface area contributed by atoms with Crippen molar-refractivity contribution < 1.29 is 9.87 Å². The van der Waals surface area contributed by atoms with Crippen LogP contribution in [0.15, 0.2) is 42.5 Å². The maximum absolute atomic E-state index is 13.1. The van der Waals surface area contributed by atoms with Crippen molar-refractivity contribution in [3.8, 4) is 22.6 Å². The molecule has 0 atom stereocenters. The Kier molecular flexibility index (Phi) is 5.21. The van der Waals surface area contributed by atoms with E-state index in [1.807, 2.05) is 13.0 Å². The average molecular weight is 349 g/mol. The van der Waals surface area contributed by atoms with Crippen molar-refractivity contribution in [2.24, 2.45) is 0 Å². The molecule has 0 amide bonds. The third-order valence-corrected chi connectivity index (χ3v) is 3.83. The zero-order valence-electron chi connectivity index (χ0n) is 13.1. The van der Waals surface area contributed by atoms with E-state index in [-0.39, 0.29) is 23.7 Å². The smallest absolute Gasteiger partial charge is 0.159 e. The van der Waals surface area contributed by atoms with Gasteiger partial charge in [-0.05, 0) is 37.3 Å². The van der Waals surface area contributed by atoms with Crippen LogP contribution in [0.2, 0.25) is 0 Å². The topological polar surface area (TPSA) is 76.3 Å². The molecule has 0 aliphatic carbocycles. The predicted octanol–water partition coefficient (Wildman–Crippen LogP) is 3.00. The second-order valence-corrected chi connectivity index (χ2v) is 5.43. The first-order chi connectivity index (χ1) is 10.7. The first kappa shape index (κ1) is 17.9. The van der Waals surface area contributed by atoms with Crippen LogP contribution in [0.4, 0.5) is 10.2 Å². The van der Waals surface area contributed by atoms with Gasteiger partial charge in [-0.2, -0.15) is 0 Å². The highest BCUT2D eigenvalue weighted by atomic mass is 35.5. The van der Waals surface area contributed by atoms with Crippen molar-refractivity contribution in [3.05, 3.63) is 54.1 Å². The van der Waals surface area contributed by atoms with Crippen molar-refractivity contribution in [3.63, 3.8) is 0 Å². The van der Waals surface area contributed by atoms with Crippen molar-refractivity contribution in [1.82, 2.24) is 15.0 Å². The standard InChI is InChI=1S/C17H15FN4.ClH.H2O/c1-11-19-15-10-14(12-4-6-13(18)7-5-12)21-16(15)17(20-11)22-8-2-3-9-22;;/h2-7,10H,8-9H2,1H3,(H,19,20);1H;1H2. The maximum atomic E-state index is 13.1. The molecule has 0 fully saturated rings. The molecule has 24 heavy (non-hydrogen) atoms. The fourth-order valence-corrected chi connectivity index (χ4v) is 2.76. The Morgan fingerprint density at radius 1 is 1.08 bits per heavy atom. The van der Waals surface area contributed by atoms with Crippen molar-refractivity contribution in [2.75, 3.05) is 18.0 Å². The summed E-state index contributed by atoms with van der Waals surface area (Å²) >= 11 is 0. The van der Waals surface area contributed by atoms with Crippen LogP contribution in [0.25, 0.3) is 22.6 Å². The quantitative estimate of drug-likeness (QED) is 0.723. The van der Waals surface area contributed by atoms with Gasteiger partial charge in [0.25, 0.3) is 0 Å². The van der Waals surface area contributed by atoms with E-state index in [0.717, 1.165) is 47.4 Å². The number of rotatable bonds is 2. The number of halogens is 2. The number of aryl methyl sites for hydroxylation is 1. The van der Waals surface area contributed by atoms with Crippen molar-refractivity contribution in [2.45, 2.75) is 6.92 Å². The molecule has 1 aromatic rings. The molecule has 7 heteroatoms. The Morgan fingerprint density at radius 2 is 1.75 bits per heavy atom. The normalized spacial score (nSPS) is 13.0. The van der Waals surface area contributed by atoms with Gasteiger partial charge in [0.05, 0.1) is 11.4 Å². The van der Waals surface area contributed by atoms with E-state index < -0.39 is 0 Å². The molecule has 0 saturated heterocycles. The Hall–Kier alpha value is -2.44. The van der Waals surface area contributed by atoms with E-state index in [1.165, 1.54) is 12.1 Å². The number of aromatic nitrogens is 3. The lowest BCUT2D eigenvalue weighted by Crippen LogP contribution is -2.21. The Bertz CT molecular complexity index is 823. The number of fused-ring (bicyclic) bond motifs is 1. The molecule has 3 N–H and O–H groups in total. The van der Waals surface area contributed by atoms with Gasteiger partial charge in [-0.3, -0.25) is 0 Å². The highest BCUT2D eigenvalue weighted by molar-refractivity contribution is 5.85. The molecule has 1 aromatic carbocycles. The number of benzene rings is 1. The molecule has 5 nitrogen and oxygen atoms in total. The van der Waals surface area contributed by atoms with Crippen LogP contribution in [0.5, 0.6) is 0 Å². The van der Waals surface area contributed by atoms with Gasteiger partial charge < -0.3 is 15.4 Å². The summed E-state index contributed by atoms with van der Waals surface area (Å²) in [5, 5.41) is 0. The molecular weight excluding hydrogens is 331 g/mol. The fraction of sp³-hybridized carbons (Fsp3) is 0.176. The Balaban J connectivity index is 0.00000104. The SMILES string of the molecule is Cc1nc(N2CC=CC2)c2nc(-c3ccc(F)cc3)cc-2[nH]1.Cl.O. The van der Waals surface area contributed by atoms with E-state index in [4.69, 9.17) is 4.98 Å². The van der Waals surface area contributed by atoms with Crippen LogP contribution in [0.1, 0.15) is 5.82 Å². The number of nitrogens with zero attached hydrogens (tertiary/aromatic N) is 3. The number of nitrogens with one attached hydrogen (secondary N) is 1. The summed E-state index contributed by atoms with van der Waals surface area (Å²) in [6.07, 6.45) is 4.26. The van der Waals surface area contributed by atoms with Crippen LogP contribution < -0.4 is 4.90 Å². The monoisotopic (exact) mass is 348 g/mol. The van der Waals surface area contributed by atoms with Crippen LogP contribution in [0.3, 0.4) is 0 Å². The number of hydrogen-bond donors (Lipinski definition) is 1. The van der Waals surface area contributed by atoms with Gasteiger partial charge in [0.15, 0.2) is 5.82 Å². The zero-order chi connectivity index (χ0) is 15.1. The van der Waals surface area contributed by atoms with Crippen LogP contribution in [0, 0.1) is 12.7 Å². The van der Waals surface area contributed by atoms with E-state index in [2.05, 4.69) is 27.0 Å². The number of hydrogen-bond acceptors (Lipinski definition) is 3. The molecule has 0 aromatic heterocycles. The van der Waals surface area contributed by atoms with E-state index in [1.54, 1.807) is 12.1 Å². The first-order valence-corrected chi connectivity index (χ1v) is 7.24. The summed E-state index contributed by atoms with van der Waals surface area (Å²) in [7, 11) is 0. The second kappa shape index (κ2) is 6.98. The van der Waals surface area contributed by atoms with E-state index in [9.17, 15) is 4.39 Å². The highest BCUT2D eigenvalue weighted by Crippen LogP contribution is 2.34. The van der Waals surface area contributed by atoms with Gasteiger partial charge in [0.2, 0.25) is 0 Å². The van der Waals surface area contributed by atoms with Gasteiger partial charge in [0.1, 0.15) is 17.3 Å². The molecule has 0 radical (unpaired) electrons. The summed E-state index contributed by atoms with van der Waals surface area (Å²) in [5.74, 6) is 1.50. The zero-order valence-corrected chi connectivity index (χ0v) is 13.9. The van der Waals surface area contributed by atoms with Gasteiger partial charge in [-0.1, -0.05) is 12.2 Å². The third kappa shape index (κ3) is 3.11. The predicted molar refractivity (Wildman–Crippen MR) is 95.4 cm³/mol. The Morgan fingerprint density at radius 3 is 2.42 bits per heavy atom. The molecule has 0 bridgehead atoms. The highest BCUT2D eigenvalue weighted by Gasteiger charge is 2.21.